The number of aromatic nitrogens is 4. The van der Waals surface area contributed by atoms with Crippen molar-refractivity contribution in [2.24, 2.45) is 5.92 Å². The van der Waals surface area contributed by atoms with E-state index in [-0.39, 0.29) is 5.91 Å². The van der Waals surface area contributed by atoms with Gasteiger partial charge in [-0.2, -0.15) is 0 Å². The molecule has 8 heteroatoms. The van der Waals surface area contributed by atoms with Crippen molar-refractivity contribution in [3.05, 3.63) is 53.4 Å². The van der Waals surface area contributed by atoms with Gasteiger partial charge >= 0.3 is 0 Å². The largest absolute Gasteiger partial charge is 0.481 e. The zero-order valence-corrected chi connectivity index (χ0v) is 18.1. The van der Waals surface area contributed by atoms with E-state index in [0.717, 1.165) is 54.2 Å². The number of hydrogen-bond acceptors (Lipinski definition) is 7. The topological polar surface area (TPSA) is 103 Å². The highest BCUT2D eigenvalue weighted by atomic mass is 16.5. The molecule has 0 bridgehead atoms. The minimum atomic E-state index is -0.0998. The normalized spacial score (nSPS) is 18.5. The number of methoxy groups -OCH3 is 1. The lowest BCUT2D eigenvalue weighted by Gasteiger charge is -2.29. The molecule has 1 aliphatic rings. The van der Waals surface area contributed by atoms with Crippen molar-refractivity contribution < 1.29 is 14.1 Å². The summed E-state index contributed by atoms with van der Waals surface area (Å²) in [5, 5.41) is 7.06. The number of aryl methyl sites for hydroxylation is 2. The monoisotopic (exact) mass is 421 g/mol. The third-order valence-electron chi connectivity index (χ3n) is 5.82. The molecule has 0 aliphatic heterocycles. The Balaban J connectivity index is 1.37. The van der Waals surface area contributed by atoms with E-state index in [1.54, 1.807) is 18.3 Å². The van der Waals surface area contributed by atoms with Crippen LogP contribution < -0.4 is 10.1 Å². The van der Waals surface area contributed by atoms with Gasteiger partial charge < -0.3 is 14.6 Å². The van der Waals surface area contributed by atoms with Crippen molar-refractivity contribution in [2.45, 2.75) is 45.4 Å². The lowest BCUT2D eigenvalue weighted by Crippen LogP contribution is -2.31. The Morgan fingerprint density at radius 3 is 2.71 bits per heavy atom. The Hall–Kier alpha value is -3.29. The first-order valence-corrected chi connectivity index (χ1v) is 10.6. The summed E-state index contributed by atoms with van der Waals surface area (Å²) >= 11 is 0. The number of rotatable bonds is 6. The quantitative estimate of drug-likeness (QED) is 0.645. The van der Waals surface area contributed by atoms with Gasteiger partial charge in [0, 0.05) is 42.6 Å². The molecular weight excluding hydrogens is 394 g/mol. The highest BCUT2D eigenvalue weighted by molar-refractivity contribution is 5.94. The van der Waals surface area contributed by atoms with Crippen LogP contribution in [0.15, 0.2) is 35.1 Å². The molecule has 0 radical (unpaired) electrons. The first-order chi connectivity index (χ1) is 15.0. The molecule has 0 atom stereocenters. The number of nitrogens with one attached hydrogen (secondary N) is 1. The zero-order chi connectivity index (χ0) is 21.8. The second-order valence-corrected chi connectivity index (χ2v) is 8.06. The van der Waals surface area contributed by atoms with Crippen molar-refractivity contribution in [3.63, 3.8) is 0 Å². The molecule has 1 saturated carbocycles. The molecule has 0 aromatic carbocycles. The highest BCUT2D eigenvalue weighted by Gasteiger charge is 2.27. The third kappa shape index (κ3) is 4.90. The number of hydrogen-bond donors (Lipinski definition) is 1. The summed E-state index contributed by atoms with van der Waals surface area (Å²) in [5.41, 5.74) is 3.36. The van der Waals surface area contributed by atoms with E-state index in [1.807, 2.05) is 26.1 Å². The summed E-state index contributed by atoms with van der Waals surface area (Å²) in [6, 6.07) is 5.27. The average molecular weight is 422 g/mol. The molecule has 162 valence electrons. The van der Waals surface area contributed by atoms with Crippen molar-refractivity contribution in [2.75, 3.05) is 13.7 Å². The summed E-state index contributed by atoms with van der Waals surface area (Å²) in [6.07, 6.45) is 7.51. The summed E-state index contributed by atoms with van der Waals surface area (Å²) in [5.74, 6) is 2.61. The van der Waals surface area contributed by atoms with E-state index in [4.69, 9.17) is 14.2 Å². The van der Waals surface area contributed by atoms with E-state index in [9.17, 15) is 4.79 Å². The number of carbonyl (C=O) groups is 1. The van der Waals surface area contributed by atoms with Crippen molar-refractivity contribution in [1.29, 1.82) is 0 Å². The fourth-order valence-electron chi connectivity index (χ4n) is 4.12. The number of nitrogens with zero attached hydrogens (tertiary/aromatic N) is 4. The van der Waals surface area contributed by atoms with Crippen LogP contribution >= 0.6 is 0 Å². The van der Waals surface area contributed by atoms with Gasteiger partial charge in [-0.25, -0.2) is 15.0 Å². The van der Waals surface area contributed by atoms with Gasteiger partial charge in [0.2, 0.25) is 5.88 Å². The Labute approximate surface area is 181 Å². The van der Waals surface area contributed by atoms with E-state index >= 15 is 0 Å². The molecule has 3 aromatic heterocycles. The van der Waals surface area contributed by atoms with Crippen LogP contribution in [0.4, 0.5) is 0 Å². The summed E-state index contributed by atoms with van der Waals surface area (Å²) < 4.78 is 10.6. The smallest absolute Gasteiger partial charge is 0.251 e. The van der Waals surface area contributed by atoms with Crippen LogP contribution in [0.2, 0.25) is 0 Å². The van der Waals surface area contributed by atoms with Gasteiger partial charge in [-0.15, -0.1) is 0 Å². The molecule has 3 heterocycles. The molecule has 3 aromatic rings. The Kier molecular flexibility index (Phi) is 6.25. The second-order valence-electron chi connectivity index (χ2n) is 8.06. The standard InChI is InChI=1S/C23H27N5O3/c1-14-10-20(31-28-14)19-13-25-15(2)27-22(19)17-6-4-16(5-7-17)12-26-23(29)18-8-9-24-21(11-18)30-3/h8-11,13,16-17H,4-7,12H2,1-3H3,(H,26,29). The summed E-state index contributed by atoms with van der Waals surface area (Å²) in [4.78, 5) is 25.6. The first kappa shape index (κ1) is 21.0. The van der Waals surface area contributed by atoms with E-state index in [1.165, 1.54) is 7.11 Å². The molecule has 1 aliphatic carbocycles. The molecule has 31 heavy (non-hydrogen) atoms. The number of amides is 1. The molecule has 0 saturated heterocycles. The predicted molar refractivity (Wildman–Crippen MR) is 115 cm³/mol. The Morgan fingerprint density at radius 2 is 2.00 bits per heavy atom. The average Bonchev–Trinajstić information content (AvgIpc) is 3.23. The van der Waals surface area contributed by atoms with Gasteiger partial charge in [0.05, 0.1) is 24.1 Å². The zero-order valence-electron chi connectivity index (χ0n) is 18.1. The van der Waals surface area contributed by atoms with E-state index in [0.29, 0.717) is 29.8 Å². The van der Waals surface area contributed by atoms with Crippen LogP contribution in [0.25, 0.3) is 11.3 Å². The third-order valence-corrected chi connectivity index (χ3v) is 5.82. The molecule has 0 unspecified atom stereocenters. The van der Waals surface area contributed by atoms with Crippen LogP contribution in [0.3, 0.4) is 0 Å². The predicted octanol–water partition coefficient (Wildman–Crippen LogP) is 3.86. The summed E-state index contributed by atoms with van der Waals surface area (Å²) in [6.45, 7) is 4.48. The second kappa shape index (κ2) is 9.24. The summed E-state index contributed by atoms with van der Waals surface area (Å²) in [7, 11) is 1.54. The fraction of sp³-hybridized carbons (Fsp3) is 0.435. The lowest BCUT2D eigenvalue weighted by atomic mass is 9.79. The number of ether oxygens (including phenoxy) is 1. The maximum atomic E-state index is 12.5. The molecule has 4 rings (SSSR count). The van der Waals surface area contributed by atoms with Crippen LogP contribution in [0.1, 0.15) is 59.2 Å². The minimum Gasteiger partial charge on any atom is -0.481 e. The first-order valence-electron chi connectivity index (χ1n) is 10.6. The maximum absolute atomic E-state index is 12.5. The Bertz CT molecular complexity index is 1060. The lowest BCUT2D eigenvalue weighted by molar-refractivity contribution is 0.0942. The molecule has 0 spiro atoms. The highest BCUT2D eigenvalue weighted by Crippen LogP contribution is 2.38. The molecular formula is C23H27N5O3. The van der Waals surface area contributed by atoms with Gasteiger partial charge in [0.1, 0.15) is 5.82 Å². The van der Waals surface area contributed by atoms with Crippen LogP contribution in [0, 0.1) is 19.8 Å². The number of carbonyl (C=O) groups excluding carboxylic acids is 1. The van der Waals surface area contributed by atoms with Crippen molar-refractivity contribution in [3.8, 4) is 17.2 Å². The SMILES string of the molecule is COc1cc(C(=O)NCC2CCC(c3nc(C)ncc3-c3cc(C)no3)CC2)ccn1. The van der Waals surface area contributed by atoms with Crippen LogP contribution in [-0.2, 0) is 0 Å². The van der Waals surface area contributed by atoms with E-state index in [2.05, 4.69) is 20.4 Å². The molecule has 1 N–H and O–H groups in total. The minimum absolute atomic E-state index is 0.0998. The molecule has 8 nitrogen and oxygen atoms in total. The van der Waals surface area contributed by atoms with E-state index < -0.39 is 0 Å². The Morgan fingerprint density at radius 1 is 1.19 bits per heavy atom. The van der Waals surface area contributed by atoms with Crippen molar-refractivity contribution >= 4 is 5.91 Å². The van der Waals surface area contributed by atoms with Crippen LogP contribution in [0.5, 0.6) is 5.88 Å². The maximum Gasteiger partial charge on any atom is 0.251 e. The van der Waals surface area contributed by atoms with Gasteiger partial charge in [-0.3, -0.25) is 4.79 Å². The van der Waals surface area contributed by atoms with Gasteiger partial charge in [0.25, 0.3) is 5.91 Å². The number of pyridine rings is 1. The van der Waals surface area contributed by atoms with Gasteiger partial charge in [-0.1, -0.05) is 5.16 Å². The molecule has 1 fully saturated rings. The van der Waals surface area contributed by atoms with Crippen molar-refractivity contribution in [1.82, 2.24) is 25.4 Å². The van der Waals surface area contributed by atoms with Gasteiger partial charge in [0.15, 0.2) is 5.76 Å². The van der Waals surface area contributed by atoms with Crippen LogP contribution in [-0.4, -0.2) is 39.7 Å². The van der Waals surface area contributed by atoms with Gasteiger partial charge in [-0.05, 0) is 51.5 Å². The molecule has 1 amide bonds. The fourth-order valence-corrected chi connectivity index (χ4v) is 4.12.